The Morgan fingerprint density at radius 2 is 1.85 bits per heavy atom. The van der Waals surface area contributed by atoms with Crippen molar-refractivity contribution < 1.29 is 9.53 Å². The van der Waals surface area contributed by atoms with E-state index in [-0.39, 0.29) is 12.1 Å². The van der Waals surface area contributed by atoms with Gasteiger partial charge in [-0.3, -0.25) is 5.32 Å². The second-order valence-electron chi connectivity index (χ2n) is 4.46. The number of carbonyl (C=O) groups excluding carboxylic acids is 1. The maximum absolute atomic E-state index is 11.9. The van der Waals surface area contributed by atoms with Crippen molar-refractivity contribution in [3.05, 3.63) is 48.7 Å². The molecule has 104 valence electrons. The van der Waals surface area contributed by atoms with Gasteiger partial charge >= 0.3 is 6.03 Å². The standard InChI is InChI=1S/C15H17N3O2/c1-11(2)20-13-8-4-3-7-12(13)17-15(19)18-14-9-5-6-10-16-14/h3-11H,1-2H3,(H2,16,17,18,19). The topological polar surface area (TPSA) is 63.2 Å². The first-order chi connectivity index (χ1) is 9.65. The van der Waals surface area contributed by atoms with Crippen molar-refractivity contribution in [3.63, 3.8) is 0 Å². The summed E-state index contributed by atoms with van der Waals surface area (Å²) < 4.78 is 5.64. The third-order valence-corrected chi connectivity index (χ3v) is 2.40. The molecule has 0 unspecified atom stereocenters. The first-order valence-corrected chi connectivity index (χ1v) is 6.40. The van der Waals surface area contributed by atoms with Crippen LogP contribution in [0.4, 0.5) is 16.3 Å². The Kier molecular flexibility index (Phi) is 4.55. The predicted octanol–water partition coefficient (Wildman–Crippen LogP) is 3.51. The molecule has 0 atom stereocenters. The molecule has 20 heavy (non-hydrogen) atoms. The minimum absolute atomic E-state index is 0.0387. The van der Waals surface area contributed by atoms with Crippen LogP contribution in [0.25, 0.3) is 0 Å². The summed E-state index contributed by atoms with van der Waals surface area (Å²) in [4.78, 5) is 15.9. The summed E-state index contributed by atoms with van der Waals surface area (Å²) in [7, 11) is 0. The highest BCUT2D eigenvalue weighted by molar-refractivity contribution is 6.00. The predicted molar refractivity (Wildman–Crippen MR) is 79.1 cm³/mol. The minimum Gasteiger partial charge on any atom is -0.489 e. The van der Waals surface area contributed by atoms with Crippen molar-refractivity contribution in [2.45, 2.75) is 20.0 Å². The Labute approximate surface area is 118 Å². The van der Waals surface area contributed by atoms with E-state index in [9.17, 15) is 4.79 Å². The Morgan fingerprint density at radius 3 is 2.55 bits per heavy atom. The first-order valence-electron chi connectivity index (χ1n) is 6.40. The number of rotatable bonds is 4. The first kappa shape index (κ1) is 13.9. The van der Waals surface area contributed by atoms with Crippen LogP contribution in [0.2, 0.25) is 0 Å². The van der Waals surface area contributed by atoms with E-state index in [1.807, 2.05) is 32.0 Å². The molecule has 0 spiro atoms. The van der Waals surface area contributed by atoms with Crippen LogP contribution in [-0.4, -0.2) is 17.1 Å². The lowest BCUT2D eigenvalue weighted by atomic mass is 10.3. The number of hydrogen-bond acceptors (Lipinski definition) is 3. The molecule has 5 nitrogen and oxygen atoms in total. The zero-order valence-electron chi connectivity index (χ0n) is 11.5. The van der Waals surface area contributed by atoms with Crippen molar-refractivity contribution in [1.29, 1.82) is 0 Å². The summed E-state index contributed by atoms with van der Waals surface area (Å²) in [6.07, 6.45) is 1.66. The van der Waals surface area contributed by atoms with E-state index in [4.69, 9.17) is 4.74 Å². The molecule has 2 aromatic rings. The van der Waals surface area contributed by atoms with E-state index in [2.05, 4.69) is 15.6 Å². The summed E-state index contributed by atoms with van der Waals surface area (Å²) in [5.41, 5.74) is 0.620. The molecule has 0 aliphatic heterocycles. The molecule has 0 saturated carbocycles. The van der Waals surface area contributed by atoms with E-state index in [1.165, 1.54) is 0 Å². The number of para-hydroxylation sites is 2. The quantitative estimate of drug-likeness (QED) is 0.894. The summed E-state index contributed by atoms with van der Waals surface area (Å²) in [5.74, 6) is 1.13. The van der Waals surface area contributed by atoms with Crippen LogP contribution in [0.5, 0.6) is 5.75 Å². The number of ether oxygens (including phenoxy) is 1. The van der Waals surface area contributed by atoms with Gasteiger partial charge in [-0.05, 0) is 38.1 Å². The molecule has 0 fully saturated rings. The molecule has 0 bridgehead atoms. The molecular weight excluding hydrogens is 254 g/mol. The van der Waals surface area contributed by atoms with Gasteiger partial charge in [0.1, 0.15) is 11.6 Å². The lowest BCUT2D eigenvalue weighted by Gasteiger charge is -2.14. The number of pyridine rings is 1. The largest absolute Gasteiger partial charge is 0.489 e. The number of aromatic nitrogens is 1. The van der Waals surface area contributed by atoms with Crippen LogP contribution in [-0.2, 0) is 0 Å². The van der Waals surface area contributed by atoms with E-state index < -0.39 is 0 Å². The Hall–Kier alpha value is -2.56. The number of carbonyl (C=O) groups is 1. The van der Waals surface area contributed by atoms with Crippen molar-refractivity contribution in [3.8, 4) is 5.75 Å². The van der Waals surface area contributed by atoms with Gasteiger partial charge < -0.3 is 10.1 Å². The summed E-state index contributed by atoms with van der Waals surface area (Å²) in [5, 5.41) is 5.40. The second kappa shape index (κ2) is 6.56. The highest BCUT2D eigenvalue weighted by Gasteiger charge is 2.08. The average molecular weight is 271 g/mol. The number of anilines is 2. The number of nitrogens with zero attached hydrogens (tertiary/aromatic N) is 1. The monoisotopic (exact) mass is 271 g/mol. The van der Waals surface area contributed by atoms with Crippen LogP contribution < -0.4 is 15.4 Å². The van der Waals surface area contributed by atoms with Crippen LogP contribution in [0, 0.1) is 0 Å². The van der Waals surface area contributed by atoms with Gasteiger partial charge in [0.2, 0.25) is 0 Å². The SMILES string of the molecule is CC(C)Oc1ccccc1NC(=O)Nc1ccccn1. The third-order valence-electron chi connectivity index (χ3n) is 2.40. The molecule has 0 radical (unpaired) electrons. The van der Waals surface area contributed by atoms with Crippen LogP contribution in [0.3, 0.4) is 0 Å². The molecule has 1 aromatic heterocycles. The highest BCUT2D eigenvalue weighted by Crippen LogP contribution is 2.24. The molecule has 2 rings (SSSR count). The molecule has 2 N–H and O–H groups in total. The van der Waals surface area contributed by atoms with Crippen molar-refractivity contribution in [2.75, 3.05) is 10.6 Å². The van der Waals surface area contributed by atoms with Crippen LogP contribution in [0.15, 0.2) is 48.7 Å². The number of hydrogen-bond donors (Lipinski definition) is 2. The number of benzene rings is 1. The Morgan fingerprint density at radius 1 is 1.10 bits per heavy atom. The number of nitrogens with one attached hydrogen (secondary N) is 2. The molecule has 0 saturated heterocycles. The van der Waals surface area contributed by atoms with Gasteiger partial charge in [0.05, 0.1) is 11.8 Å². The molecular formula is C15H17N3O2. The highest BCUT2D eigenvalue weighted by atomic mass is 16.5. The lowest BCUT2D eigenvalue weighted by molar-refractivity contribution is 0.243. The minimum atomic E-state index is -0.358. The second-order valence-corrected chi connectivity index (χ2v) is 4.46. The number of amides is 2. The van der Waals surface area contributed by atoms with Gasteiger partial charge in [-0.2, -0.15) is 0 Å². The van der Waals surface area contributed by atoms with E-state index in [1.54, 1.807) is 30.5 Å². The van der Waals surface area contributed by atoms with Gasteiger partial charge in [-0.15, -0.1) is 0 Å². The average Bonchev–Trinajstić information content (AvgIpc) is 2.41. The van der Waals surface area contributed by atoms with E-state index in [0.717, 1.165) is 0 Å². The molecule has 0 aliphatic carbocycles. The summed E-state index contributed by atoms with van der Waals surface area (Å²) >= 11 is 0. The zero-order chi connectivity index (χ0) is 14.4. The van der Waals surface area contributed by atoms with E-state index in [0.29, 0.717) is 17.3 Å². The Balaban J connectivity index is 2.04. The molecule has 2 amide bonds. The van der Waals surface area contributed by atoms with Crippen molar-refractivity contribution in [1.82, 2.24) is 4.98 Å². The lowest BCUT2D eigenvalue weighted by Crippen LogP contribution is -2.20. The third kappa shape index (κ3) is 3.98. The molecule has 5 heteroatoms. The van der Waals surface area contributed by atoms with Gasteiger partial charge in [0.15, 0.2) is 0 Å². The normalized spacial score (nSPS) is 10.2. The van der Waals surface area contributed by atoms with Crippen LogP contribution in [0.1, 0.15) is 13.8 Å². The maximum atomic E-state index is 11.9. The zero-order valence-corrected chi connectivity index (χ0v) is 11.5. The molecule has 0 aliphatic rings. The van der Waals surface area contributed by atoms with Crippen molar-refractivity contribution in [2.24, 2.45) is 0 Å². The summed E-state index contributed by atoms with van der Waals surface area (Å²) in [6.45, 7) is 3.87. The number of urea groups is 1. The van der Waals surface area contributed by atoms with Gasteiger partial charge in [-0.1, -0.05) is 18.2 Å². The fraction of sp³-hybridized carbons (Fsp3) is 0.200. The molecule has 1 aromatic carbocycles. The maximum Gasteiger partial charge on any atom is 0.324 e. The fourth-order valence-corrected chi connectivity index (χ4v) is 1.63. The Bertz CT molecular complexity index is 570. The molecule has 1 heterocycles. The van der Waals surface area contributed by atoms with Gasteiger partial charge in [0, 0.05) is 6.20 Å². The van der Waals surface area contributed by atoms with Crippen molar-refractivity contribution >= 4 is 17.5 Å². The van der Waals surface area contributed by atoms with Crippen LogP contribution >= 0.6 is 0 Å². The smallest absolute Gasteiger partial charge is 0.324 e. The summed E-state index contributed by atoms with van der Waals surface area (Å²) in [6, 6.07) is 12.3. The van der Waals surface area contributed by atoms with Gasteiger partial charge in [-0.25, -0.2) is 9.78 Å². The van der Waals surface area contributed by atoms with E-state index >= 15 is 0 Å². The fourth-order valence-electron chi connectivity index (χ4n) is 1.63. The van der Waals surface area contributed by atoms with Gasteiger partial charge in [0.25, 0.3) is 0 Å².